The lowest BCUT2D eigenvalue weighted by atomic mass is 10.2. The fraction of sp³-hybridized carbons (Fsp3) is 0.333. The fourth-order valence-corrected chi connectivity index (χ4v) is 4.49. The molecule has 2 heterocycles. The van der Waals surface area contributed by atoms with E-state index in [0.29, 0.717) is 5.69 Å². The summed E-state index contributed by atoms with van der Waals surface area (Å²) in [5.74, 6) is -0.539. The predicted octanol–water partition coefficient (Wildman–Crippen LogP) is 1.76. The second-order valence-electron chi connectivity index (χ2n) is 6.11. The van der Waals surface area contributed by atoms with E-state index in [9.17, 15) is 22.0 Å². The van der Waals surface area contributed by atoms with Gasteiger partial charge in [-0.3, -0.25) is 9.78 Å². The number of ether oxygens (including phenoxy) is 1. The zero-order chi connectivity index (χ0) is 20.1. The molecule has 1 aromatic carbocycles. The van der Waals surface area contributed by atoms with Crippen molar-refractivity contribution in [3.8, 4) is 5.75 Å². The van der Waals surface area contributed by atoms with Crippen LogP contribution < -0.4 is 4.74 Å². The summed E-state index contributed by atoms with van der Waals surface area (Å²) in [4.78, 5) is 17.8. The molecule has 1 aromatic heterocycles. The average molecular weight is 411 g/mol. The average Bonchev–Trinajstić information content (AvgIpc) is 2.68. The second kappa shape index (κ2) is 8.61. The number of para-hydroxylation sites is 1. The Kier molecular flexibility index (Phi) is 6.20. The number of carbonyl (C=O) groups excluding carboxylic acids is 1. The Morgan fingerprint density at radius 1 is 1.07 bits per heavy atom. The molecule has 7 nitrogen and oxygen atoms in total. The SMILES string of the molecule is O=C(Cc1ccccn1)N1CCN(S(=O)(=O)c2ccccc2OC(F)F)CC1. The van der Waals surface area contributed by atoms with Crippen molar-refractivity contribution in [3.63, 3.8) is 0 Å². The van der Waals surface area contributed by atoms with E-state index in [-0.39, 0.29) is 43.4 Å². The molecule has 1 aliphatic heterocycles. The number of halogens is 2. The normalized spacial score (nSPS) is 15.6. The zero-order valence-electron chi connectivity index (χ0n) is 14.9. The molecule has 0 unspecified atom stereocenters. The molecule has 0 atom stereocenters. The van der Waals surface area contributed by atoms with Gasteiger partial charge in [0.2, 0.25) is 15.9 Å². The van der Waals surface area contributed by atoms with Crippen LogP contribution in [0.1, 0.15) is 5.69 Å². The first-order valence-electron chi connectivity index (χ1n) is 8.59. The van der Waals surface area contributed by atoms with E-state index in [1.807, 2.05) is 0 Å². The number of hydrogen-bond acceptors (Lipinski definition) is 5. The highest BCUT2D eigenvalue weighted by atomic mass is 32.2. The minimum atomic E-state index is -4.02. The summed E-state index contributed by atoms with van der Waals surface area (Å²) in [5, 5.41) is 0. The number of aromatic nitrogens is 1. The van der Waals surface area contributed by atoms with Gasteiger partial charge in [0.15, 0.2) is 0 Å². The second-order valence-corrected chi connectivity index (χ2v) is 8.01. The molecule has 3 rings (SSSR count). The van der Waals surface area contributed by atoms with E-state index in [4.69, 9.17) is 0 Å². The molecule has 0 spiro atoms. The van der Waals surface area contributed by atoms with Gasteiger partial charge < -0.3 is 9.64 Å². The van der Waals surface area contributed by atoms with Crippen LogP contribution in [0.3, 0.4) is 0 Å². The molecule has 0 saturated carbocycles. The molecule has 0 bridgehead atoms. The number of nitrogens with zero attached hydrogens (tertiary/aromatic N) is 3. The van der Waals surface area contributed by atoms with Crippen molar-refractivity contribution < 1.29 is 26.7 Å². The molecule has 1 saturated heterocycles. The number of rotatable bonds is 6. The molecular weight excluding hydrogens is 392 g/mol. The molecule has 1 amide bonds. The minimum absolute atomic E-state index is 0.0688. The summed E-state index contributed by atoms with van der Waals surface area (Å²) >= 11 is 0. The van der Waals surface area contributed by atoms with Crippen LogP contribution in [0, 0.1) is 0 Å². The Morgan fingerprint density at radius 3 is 2.39 bits per heavy atom. The van der Waals surface area contributed by atoms with Crippen LogP contribution in [-0.4, -0.2) is 61.3 Å². The third-order valence-corrected chi connectivity index (χ3v) is 6.27. The third-order valence-electron chi connectivity index (χ3n) is 4.33. The number of piperazine rings is 1. The van der Waals surface area contributed by atoms with Crippen LogP contribution in [0.4, 0.5) is 8.78 Å². The van der Waals surface area contributed by atoms with Crippen LogP contribution in [0.15, 0.2) is 53.6 Å². The third kappa shape index (κ3) is 4.63. The first kappa shape index (κ1) is 20.2. The van der Waals surface area contributed by atoms with Crippen molar-refractivity contribution >= 4 is 15.9 Å². The van der Waals surface area contributed by atoms with Gasteiger partial charge in [0.25, 0.3) is 0 Å². The van der Waals surface area contributed by atoms with Gasteiger partial charge in [0.1, 0.15) is 10.6 Å². The molecule has 0 aliphatic carbocycles. The summed E-state index contributed by atoms with van der Waals surface area (Å²) < 4.78 is 56.3. The summed E-state index contributed by atoms with van der Waals surface area (Å²) in [6, 6.07) is 10.6. The van der Waals surface area contributed by atoms with Crippen LogP contribution in [0.5, 0.6) is 5.75 Å². The van der Waals surface area contributed by atoms with Crippen molar-refractivity contribution in [1.29, 1.82) is 0 Å². The molecule has 28 heavy (non-hydrogen) atoms. The van der Waals surface area contributed by atoms with E-state index >= 15 is 0 Å². The first-order chi connectivity index (χ1) is 13.4. The van der Waals surface area contributed by atoms with Crippen LogP contribution in [0.25, 0.3) is 0 Å². The highest BCUT2D eigenvalue weighted by Crippen LogP contribution is 2.28. The quantitative estimate of drug-likeness (QED) is 0.724. The summed E-state index contributed by atoms with van der Waals surface area (Å²) in [5.41, 5.74) is 0.639. The smallest absolute Gasteiger partial charge is 0.387 e. The van der Waals surface area contributed by atoms with Crippen molar-refractivity contribution in [2.24, 2.45) is 0 Å². The molecule has 10 heteroatoms. The van der Waals surface area contributed by atoms with Crippen molar-refractivity contribution in [2.45, 2.75) is 17.9 Å². The zero-order valence-corrected chi connectivity index (χ0v) is 15.7. The minimum Gasteiger partial charge on any atom is -0.433 e. The van der Waals surface area contributed by atoms with Gasteiger partial charge in [-0.25, -0.2) is 8.42 Å². The largest absolute Gasteiger partial charge is 0.433 e. The molecule has 150 valence electrons. The Balaban J connectivity index is 1.66. The lowest BCUT2D eigenvalue weighted by Gasteiger charge is -2.34. The van der Waals surface area contributed by atoms with E-state index in [1.165, 1.54) is 28.6 Å². The molecule has 2 aromatic rings. The Labute approximate surface area is 161 Å². The lowest BCUT2D eigenvalue weighted by Crippen LogP contribution is -2.50. The maximum atomic E-state index is 12.8. The van der Waals surface area contributed by atoms with E-state index in [1.54, 1.807) is 29.3 Å². The summed E-state index contributed by atoms with van der Waals surface area (Å²) in [6.45, 7) is -2.57. The van der Waals surface area contributed by atoms with E-state index < -0.39 is 22.4 Å². The number of benzene rings is 1. The van der Waals surface area contributed by atoms with Crippen molar-refractivity contribution in [1.82, 2.24) is 14.2 Å². The number of pyridine rings is 1. The van der Waals surface area contributed by atoms with Gasteiger partial charge in [-0.15, -0.1) is 0 Å². The van der Waals surface area contributed by atoms with Crippen LogP contribution >= 0.6 is 0 Å². The van der Waals surface area contributed by atoms with Gasteiger partial charge in [-0.2, -0.15) is 13.1 Å². The number of alkyl halides is 2. The molecule has 1 aliphatic rings. The summed E-state index contributed by atoms with van der Waals surface area (Å²) in [7, 11) is -4.02. The maximum absolute atomic E-state index is 12.8. The van der Waals surface area contributed by atoms with Gasteiger partial charge in [-0.1, -0.05) is 18.2 Å². The Hall–Kier alpha value is -2.59. The molecule has 0 N–H and O–H groups in total. The monoisotopic (exact) mass is 411 g/mol. The highest BCUT2D eigenvalue weighted by molar-refractivity contribution is 7.89. The number of carbonyl (C=O) groups is 1. The van der Waals surface area contributed by atoms with Gasteiger partial charge in [-0.05, 0) is 24.3 Å². The fourth-order valence-electron chi connectivity index (χ4n) is 2.94. The Morgan fingerprint density at radius 2 is 1.75 bits per heavy atom. The summed E-state index contributed by atoms with van der Waals surface area (Å²) in [6.07, 6.45) is 1.74. The highest BCUT2D eigenvalue weighted by Gasteiger charge is 2.32. The van der Waals surface area contributed by atoms with Gasteiger partial charge >= 0.3 is 6.61 Å². The molecular formula is C18H19F2N3O4S. The van der Waals surface area contributed by atoms with E-state index in [2.05, 4.69) is 9.72 Å². The topological polar surface area (TPSA) is 79.8 Å². The van der Waals surface area contributed by atoms with Crippen molar-refractivity contribution in [3.05, 3.63) is 54.4 Å². The lowest BCUT2D eigenvalue weighted by molar-refractivity contribution is -0.131. The number of hydrogen-bond donors (Lipinski definition) is 0. The standard InChI is InChI=1S/C18H19F2N3O4S/c19-18(20)27-15-6-1-2-7-16(15)28(25,26)23-11-9-22(10-12-23)17(24)13-14-5-3-4-8-21-14/h1-8,18H,9-13H2. The van der Waals surface area contributed by atoms with Crippen LogP contribution in [-0.2, 0) is 21.2 Å². The number of amides is 1. The van der Waals surface area contributed by atoms with Gasteiger partial charge in [0, 0.05) is 38.1 Å². The maximum Gasteiger partial charge on any atom is 0.387 e. The number of sulfonamides is 1. The van der Waals surface area contributed by atoms with Crippen molar-refractivity contribution in [2.75, 3.05) is 26.2 Å². The Bertz CT molecular complexity index is 917. The molecule has 0 radical (unpaired) electrons. The van der Waals surface area contributed by atoms with Gasteiger partial charge in [0.05, 0.1) is 6.42 Å². The van der Waals surface area contributed by atoms with Crippen LogP contribution in [0.2, 0.25) is 0 Å². The predicted molar refractivity (Wildman–Crippen MR) is 96.4 cm³/mol. The van der Waals surface area contributed by atoms with E-state index in [0.717, 1.165) is 0 Å². The first-order valence-corrected chi connectivity index (χ1v) is 10.0. The molecule has 1 fully saturated rings.